The predicted molar refractivity (Wildman–Crippen MR) is 100 cm³/mol. The van der Waals surface area contributed by atoms with E-state index in [1.807, 2.05) is 6.07 Å². The zero-order chi connectivity index (χ0) is 19.6. The van der Waals surface area contributed by atoms with Crippen molar-refractivity contribution >= 4 is 28.3 Å². The lowest BCUT2D eigenvalue weighted by molar-refractivity contribution is -0.129. The number of aromatic nitrogens is 2. The van der Waals surface area contributed by atoms with Gasteiger partial charge in [-0.25, -0.2) is 5.48 Å². The van der Waals surface area contributed by atoms with Crippen molar-refractivity contribution in [1.29, 1.82) is 0 Å². The van der Waals surface area contributed by atoms with Crippen molar-refractivity contribution in [3.05, 3.63) is 18.2 Å². The minimum Gasteiger partial charge on any atom is -0.493 e. The van der Waals surface area contributed by atoms with Crippen molar-refractivity contribution in [2.45, 2.75) is 32.1 Å². The highest BCUT2D eigenvalue weighted by atomic mass is 32.1. The normalized spacial score (nSPS) is 10.3. The highest BCUT2D eigenvalue weighted by Gasteiger charge is 2.12. The number of hydrogen-bond donors (Lipinski definition) is 3. The number of rotatable bonds is 10. The van der Waals surface area contributed by atoms with Crippen LogP contribution in [0.15, 0.2) is 18.2 Å². The summed E-state index contributed by atoms with van der Waals surface area (Å²) in [5.41, 5.74) is 2.39. The minimum atomic E-state index is -0.420. The van der Waals surface area contributed by atoms with Crippen molar-refractivity contribution in [3.63, 3.8) is 0 Å². The lowest BCUT2D eigenvalue weighted by atomic mass is 10.1. The fraction of sp³-hybridized carbons (Fsp3) is 0.412. The molecule has 0 fully saturated rings. The molecule has 0 aliphatic carbocycles. The molecule has 1 heterocycles. The van der Waals surface area contributed by atoms with Gasteiger partial charge in [-0.2, -0.15) is 0 Å². The van der Waals surface area contributed by atoms with Crippen molar-refractivity contribution in [3.8, 4) is 22.1 Å². The number of ether oxygens (including phenoxy) is 2. The van der Waals surface area contributed by atoms with Gasteiger partial charge in [-0.15, -0.1) is 10.2 Å². The Balaban J connectivity index is 1.85. The molecule has 0 spiro atoms. The molecule has 0 aliphatic heterocycles. The number of hydroxylamine groups is 1. The van der Waals surface area contributed by atoms with E-state index in [1.165, 1.54) is 11.3 Å². The summed E-state index contributed by atoms with van der Waals surface area (Å²) in [5.74, 6) is 0.633. The van der Waals surface area contributed by atoms with E-state index in [2.05, 4.69) is 15.5 Å². The first kappa shape index (κ1) is 20.6. The molecule has 1 aromatic carbocycles. The molecule has 0 radical (unpaired) electrons. The Kier molecular flexibility index (Phi) is 7.96. The first-order valence-electron chi connectivity index (χ1n) is 8.36. The molecule has 1 aromatic heterocycles. The molecular formula is C17H22N4O5S. The molecule has 0 aliphatic rings. The van der Waals surface area contributed by atoms with Crippen molar-refractivity contribution in [2.24, 2.45) is 0 Å². The Labute approximate surface area is 160 Å². The molecule has 2 rings (SSSR count). The quantitative estimate of drug-likeness (QED) is 0.321. The van der Waals surface area contributed by atoms with Gasteiger partial charge in [0.2, 0.25) is 16.9 Å². The molecule has 0 saturated carbocycles. The second-order valence-corrected chi connectivity index (χ2v) is 6.60. The van der Waals surface area contributed by atoms with E-state index < -0.39 is 5.91 Å². The molecule has 3 N–H and O–H groups in total. The van der Waals surface area contributed by atoms with Gasteiger partial charge in [-0.1, -0.05) is 17.8 Å². The van der Waals surface area contributed by atoms with E-state index in [0.717, 1.165) is 5.56 Å². The van der Waals surface area contributed by atoms with Gasteiger partial charge >= 0.3 is 0 Å². The molecule has 146 valence electrons. The van der Waals surface area contributed by atoms with Gasteiger partial charge in [-0.05, 0) is 31.0 Å². The summed E-state index contributed by atoms with van der Waals surface area (Å²) in [6, 6.07) is 5.42. The number of unbranched alkanes of at least 4 members (excludes halogenated alkanes) is 2. The average Bonchev–Trinajstić information content (AvgIpc) is 3.15. The van der Waals surface area contributed by atoms with Gasteiger partial charge in [0.15, 0.2) is 11.5 Å². The molecule has 0 unspecified atom stereocenters. The molecule has 0 saturated heterocycles. The molecule has 0 atom stereocenters. The number of amides is 2. The van der Waals surface area contributed by atoms with E-state index in [9.17, 15) is 9.59 Å². The van der Waals surface area contributed by atoms with Gasteiger partial charge in [-0.3, -0.25) is 14.8 Å². The van der Waals surface area contributed by atoms with Crippen LogP contribution in [0.2, 0.25) is 0 Å². The van der Waals surface area contributed by atoms with Crippen LogP contribution in [0.5, 0.6) is 11.5 Å². The molecule has 9 nitrogen and oxygen atoms in total. The van der Waals surface area contributed by atoms with Crippen LogP contribution in [0.3, 0.4) is 0 Å². The first-order chi connectivity index (χ1) is 13.1. The molecule has 2 aromatic rings. The van der Waals surface area contributed by atoms with Crippen molar-refractivity contribution in [2.75, 3.05) is 19.5 Å². The lowest BCUT2D eigenvalue weighted by Crippen LogP contribution is -2.17. The van der Waals surface area contributed by atoms with Crippen LogP contribution < -0.4 is 20.3 Å². The molecule has 27 heavy (non-hydrogen) atoms. The fourth-order valence-corrected chi connectivity index (χ4v) is 3.10. The van der Waals surface area contributed by atoms with E-state index in [0.29, 0.717) is 47.3 Å². The summed E-state index contributed by atoms with van der Waals surface area (Å²) in [7, 11) is 3.13. The van der Waals surface area contributed by atoms with Gasteiger partial charge < -0.3 is 14.8 Å². The Morgan fingerprint density at radius 2 is 1.74 bits per heavy atom. The summed E-state index contributed by atoms with van der Waals surface area (Å²) < 4.78 is 10.5. The van der Waals surface area contributed by atoms with E-state index in [-0.39, 0.29) is 12.3 Å². The maximum Gasteiger partial charge on any atom is 0.243 e. The molecule has 2 amide bonds. The predicted octanol–water partition coefficient (Wildman–Crippen LogP) is 2.62. The Morgan fingerprint density at radius 3 is 2.41 bits per heavy atom. The van der Waals surface area contributed by atoms with E-state index >= 15 is 0 Å². The largest absolute Gasteiger partial charge is 0.493 e. The van der Waals surface area contributed by atoms with Crippen LogP contribution in [0, 0.1) is 0 Å². The standard InChI is InChI=1S/C17H22N4O5S/c1-25-12-9-8-11(10-13(12)26-2)16-19-20-17(27-16)18-14(22)6-4-3-5-7-15(23)21-24/h8-10,24H,3-7H2,1-2H3,(H,21,23)(H,18,20,22). The van der Waals surface area contributed by atoms with Gasteiger partial charge in [0.05, 0.1) is 14.2 Å². The Morgan fingerprint density at radius 1 is 1.04 bits per heavy atom. The highest BCUT2D eigenvalue weighted by molar-refractivity contribution is 7.18. The number of carbonyl (C=O) groups is 2. The van der Waals surface area contributed by atoms with Crippen LogP contribution in [-0.2, 0) is 9.59 Å². The maximum absolute atomic E-state index is 12.0. The average molecular weight is 394 g/mol. The van der Waals surface area contributed by atoms with Gasteiger partial charge in [0.25, 0.3) is 0 Å². The zero-order valence-electron chi connectivity index (χ0n) is 15.2. The van der Waals surface area contributed by atoms with E-state index in [4.69, 9.17) is 14.7 Å². The number of hydrogen-bond acceptors (Lipinski definition) is 8. The summed E-state index contributed by atoms with van der Waals surface area (Å²) in [4.78, 5) is 22.8. The molecule has 0 bridgehead atoms. The first-order valence-corrected chi connectivity index (χ1v) is 9.17. The fourth-order valence-electron chi connectivity index (χ4n) is 2.35. The van der Waals surface area contributed by atoms with E-state index in [1.54, 1.807) is 31.8 Å². The second-order valence-electron chi connectivity index (χ2n) is 5.63. The Bertz CT molecular complexity index is 780. The maximum atomic E-state index is 12.0. The third kappa shape index (κ3) is 6.19. The van der Waals surface area contributed by atoms with Gasteiger partial charge in [0.1, 0.15) is 5.01 Å². The van der Waals surface area contributed by atoms with Crippen LogP contribution in [0.1, 0.15) is 32.1 Å². The molecule has 10 heteroatoms. The topological polar surface area (TPSA) is 123 Å². The van der Waals surface area contributed by atoms with Gasteiger partial charge in [0, 0.05) is 18.4 Å². The monoisotopic (exact) mass is 394 g/mol. The second kappa shape index (κ2) is 10.4. The summed E-state index contributed by atoms with van der Waals surface area (Å²) >= 11 is 1.27. The van der Waals surface area contributed by atoms with Crippen LogP contribution in [0.25, 0.3) is 10.6 Å². The number of nitrogens with one attached hydrogen (secondary N) is 2. The highest BCUT2D eigenvalue weighted by Crippen LogP contribution is 2.34. The Hall–Kier alpha value is -2.72. The summed E-state index contributed by atoms with van der Waals surface area (Å²) in [6.45, 7) is 0. The number of benzene rings is 1. The van der Waals surface area contributed by atoms with Crippen LogP contribution in [0.4, 0.5) is 5.13 Å². The zero-order valence-corrected chi connectivity index (χ0v) is 16.0. The number of anilines is 1. The van der Waals surface area contributed by atoms with Crippen LogP contribution in [-0.4, -0.2) is 41.4 Å². The smallest absolute Gasteiger partial charge is 0.243 e. The van der Waals surface area contributed by atoms with Crippen LogP contribution >= 0.6 is 11.3 Å². The summed E-state index contributed by atoms with van der Waals surface area (Å²) in [5, 5.41) is 20.3. The minimum absolute atomic E-state index is 0.156. The lowest BCUT2D eigenvalue weighted by Gasteiger charge is -2.07. The van der Waals surface area contributed by atoms with Crippen molar-refractivity contribution < 1.29 is 24.3 Å². The number of carbonyl (C=O) groups excluding carboxylic acids is 2. The van der Waals surface area contributed by atoms with Crippen molar-refractivity contribution in [1.82, 2.24) is 15.7 Å². The SMILES string of the molecule is COc1ccc(-c2nnc(NC(=O)CCCCCC(=O)NO)s2)cc1OC. The number of methoxy groups -OCH3 is 2. The third-order valence-electron chi connectivity index (χ3n) is 3.73. The molecular weight excluding hydrogens is 372 g/mol. The summed E-state index contributed by atoms with van der Waals surface area (Å²) in [6.07, 6.45) is 2.54. The number of nitrogens with zero attached hydrogens (tertiary/aromatic N) is 2. The third-order valence-corrected chi connectivity index (χ3v) is 4.62.